The molecule has 2 N–H and O–H groups in total. The third-order valence-electron chi connectivity index (χ3n) is 6.09. The summed E-state index contributed by atoms with van der Waals surface area (Å²) < 4.78 is 33.5. The summed E-state index contributed by atoms with van der Waals surface area (Å²) in [4.78, 5) is 11.1. The molecule has 1 fully saturated rings. The summed E-state index contributed by atoms with van der Waals surface area (Å²) in [7, 11) is 0.365. The zero-order valence-corrected chi connectivity index (χ0v) is 20.2. The van der Waals surface area contributed by atoms with E-state index >= 15 is 0 Å². The van der Waals surface area contributed by atoms with Gasteiger partial charge in [-0.1, -0.05) is 30.3 Å². The Bertz CT molecular complexity index is 1440. The van der Waals surface area contributed by atoms with Gasteiger partial charge in [0, 0.05) is 30.3 Å². The Morgan fingerprint density at radius 1 is 1.00 bits per heavy atom. The van der Waals surface area contributed by atoms with Crippen LogP contribution in [0.1, 0.15) is 6.42 Å². The molecule has 180 valence electrons. The molecule has 0 saturated carbocycles. The number of likely N-dealkylation sites (N-methyl/N-ethyl adjacent to an activating group) is 1. The van der Waals surface area contributed by atoms with Crippen LogP contribution in [0.3, 0.4) is 0 Å². The fourth-order valence-corrected chi connectivity index (χ4v) is 5.50. The highest BCUT2D eigenvalue weighted by atomic mass is 32.2. The van der Waals surface area contributed by atoms with E-state index in [4.69, 9.17) is 10.2 Å². The number of nitrogens with two attached hydrogens (primary N) is 1. The van der Waals surface area contributed by atoms with Gasteiger partial charge in [0.25, 0.3) is 5.89 Å². The predicted octanol–water partition coefficient (Wildman–Crippen LogP) is 2.77. The highest BCUT2D eigenvalue weighted by Gasteiger charge is 2.33. The molecule has 0 radical (unpaired) electrons. The first-order valence-electron chi connectivity index (χ1n) is 11.1. The molecular weight excluding hydrogens is 466 g/mol. The molecule has 0 aliphatic carbocycles. The van der Waals surface area contributed by atoms with Gasteiger partial charge in [0.15, 0.2) is 11.5 Å². The SMILES string of the molecule is CN(C)[C@@H]1CCN(S(=O)(=O)c2ccc(-c3cnc(N)c(-c4nnc(-c5ccccc5)o4)n3)cc2)C1. The maximum Gasteiger partial charge on any atom is 0.270 e. The first-order chi connectivity index (χ1) is 16.8. The molecule has 1 atom stereocenters. The Hall–Kier alpha value is -3.67. The van der Waals surface area contributed by atoms with E-state index in [2.05, 4.69) is 25.1 Å². The third-order valence-corrected chi connectivity index (χ3v) is 7.97. The van der Waals surface area contributed by atoms with Crippen LogP contribution in [0.15, 0.2) is 70.1 Å². The van der Waals surface area contributed by atoms with Crippen LogP contribution in [0.2, 0.25) is 0 Å². The molecule has 3 heterocycles. The van der Waals surface area contributed by atoms with Crippen molar-refractivity contribution in [1.82, 2.24) is 29.4 Å². The Labute approximate surface area is 203 Å². The second-order valence-electron chi connectivity index (χ2n) is 8.56. The molecule has 2 aromatic carbocycles. The smallest absolute Gasteiger partial charge is 0.270 e. The van der Waals surface area contributed by atoms with E-state index in [0.29, 0.717) is 30.2 Å². The summed E-state index contributed by atoms with van der Waals surface area (Å²) in [6.07, 6.45) is 2.34. The lowest BCUT2D eigenvalue weighted by Gasteiger charge is -2.20. The zero-order valence-electron chi connectivity index (χ0n) is 19.4. The highest BCUT2D eigenvalue weighted by Crippen LogP contribution is 2.29. The van der Waals surface area contributed by atoms with Gasteiger partial charge in [-0.25, -0.2) is 18.4 Å². The lowest BCUT2D eigenvalue weighted by Crippen LogP contribution is -2.34. The lowest BCUT2D eigenvalue weighted by molar-refractivity contribution is 0.302. The molecule has 1 aliphatic rings. The van der Waals surface area contributed by atoms with Crippen LogP contribution in [0.25, 0.3) is 34.3 Å². The van der Waals surface area contributed by atoms with Crippen molar-refractivity contribution in [1.29, 1.82) is 0 Å². The van der Waals surface area contributed by atoms with E-state index in [9.17, 15) is 8.42 Å². The summed E-state index contributed by atoms with van der Waals surface area (Å²) in [5, 5.41) is 8.16. The quantitative estimate of drug-likeness (QED) is 0.432. The fraction of sp³-hybridized carbons (Fsp3) is 0.250. The summed E-state index contributed by atoms with van der Waals surface area (Å²) in [6, 6.07) is 16.2. The van der Waals surface area contributed by atoms with Crippen molar-refractivity contribution in [3.63, 3.8) is 0 Å². The van der Waals surface area contributed by atoms with Crippen LogP contribution in [-0.2, 0) is 10.0 Å². The van der Waals surface area contributed by atoms with Crippen LogP contribution >= 0.6 is 0 Å². The minimum atomic E-state index is -3.57. The van der Waals surface area contributed by atoms with Gasteiger partial charge in [-0.15, -0.1) is 10.2 Å². The number of nitrogen functional groups attached to an aromatic ring is 1. The van der Waals surface area contributed by atoms with Gasteiger partial charge >= 0.3 is 0 Å². The Kier molecular flexibility index (Phi) is 6.05. The molecule has 11 heteroatoms. The van der Waals surface area contributed by atoms with Crippen LogP contribution in [0, 0.1) is 0 Å². The second-order valence-corrected chi connectivity index (χ2v) is 10.5. The number of sulfonamides is 1. The predicted molar refractivity (Wildman–Crippen MR) is 131 cm³/mol. The standard InChI is InChI=1S/C24H25N7O3S/c1-30(2)18-12-13-31(15-18)35(32,33)19-10-8-16(9-11-19)20-14-26-22(25)21(27-20)24-29-28-23(34-24)17-6-4-3-5-7-17/h3-11,14,18H,12-13,15H2,1-2H3,(H2,25,26)/t18-/m1/s1. The van der Waals surface area contributed by atoms with E-state index in [-0.39, 0.29) is 28.3 Å². The van der Waals surface area contributed by atoms with Crippen molar-refractivity contribution in [2.24, 2.45) is 0 Å². The Balaban J connectivity index is 1.40. The first kappa shape index (κ1) is 23.1. The number of anilines is 1. The first-order valence-corrected chi connectivity index (χ1v) is 12.6. The number of rotatable bonds is 6. The summed E-state index contributed by atoms with van der Waals surface area (Å²) >= 11 is 0. The fourth-order valence-electron chi connectivity index (χ4n) is 4.01. The van der Waals surface area contributed by atoms with Crippen LogP contribution in [-0.4, -0.2) is 71.0 Å². The Morgan fingerprint density at radius 3 is 2.40 bits per heavy atom. The van der Waals surface area contributed by atoms with Gasteiger partial charge in [-0.2, -0.15) is 4.31 Å². The van der Waals surface area contributed by atoms with Gasteiger partial charge < -0.3 is 15.1 Å². The Morgan fingerprint density at radius 2 is 1.71 bits per heavy atom. The summed E-state index contributed by atoms with van der Waals surface area (Å²) in [5.74, 6) is 0.653. The minimum absolute atomic E-state index is 0.152. The molecule has 0 unspecified atom stereocenters. The number of nitrogens with zero attached hydrogens (tertiary/aromatic N) is 6. The van der Waals surface area contributed by atoms with Gasteiger partial charge in [0.05, 0.1) is 16.8 Å². The zero-order chi connectivity index (χ0) is 24.6. The molecule has 0 bridgehead atoms. The van der Waals surface area contributed by atoms with E-state index in [1.165, 1.54) is 10.5 Å². The molecule has 4 aromatic rings. The van der Waals surface area contributed by atoms with E-state index in [0.717, 1.165) is 12.0 Å². The number of benzene rings is 2. The van der Waals surface area contributed by atoms with Gasteiger partial charge in [0.1, 0.15) is 0 Å². The molecule has 35 heavy (non-hydrogen) atoms. The van der Waals surface area contributed by atoms with Crippen molar-refractivity contribution in [3.05, 3.63) is 60.8 Å². The van der Waals surface area contributed by atoms with Crippen LogP contribution in [0.4, 0.5) is 5.82 Å². The average Bonchev–Trinajstić information content (AvgIpc) is 3.56. The molecule has 1 saturated heterocycles. The van der Waals surface area contributed by atoms with E-state index in [1.54, 1.807) is 24.3 Å². The number of hydrogen-bond donors (Lipinski definition) is 1. The topological polar surface area (TPSA) is 131 Å². The average molecular weight is 492 g/mol. The van der Waals surface area contributed by atoms with Crippen LogP contribution in [0.5, 0.6) is 0 Å². The van der Waals surface area contributed by atoms with Crippen molar-refractivity contribution >= 4 is 15.8 Å². The third kappa shape index (κ3) is 4.53. The molecule has 2 aromatic heterocycles. The van der Waals surface area contributed by atoms with Crippen molar-refractivity contribution in [2.45, 2.75) is 17.4 Å². The van der Waals surface area contributed by atoms with E-state index in [1.807, 2.05) is 44.4 Å². The molecule has 10 nitrogen and oxygen atoms in total. The maximum absolute atomic E-state index is 13.1. The van der Waals surface area contributed by atoms with E-state index < -0.39 is 10.0 Å². The molecule has 0 amide bonds. The van der Waals surface area contributed by atoms with Crippen molar-refractivity contribution in [3.8, 4) is 34.3 Å². The van der Waals surface area contributed by atoms with Gasteiger partial charge in [-0.3, -0.25) is 0 Å². The molecule has 5 rings (SSSR count). The van der Waals surface area contributed by atoms with Crippen molar-refractivity contribution in [2.75, 3.05) is 32.9 Å². The summed E-state index contributed by atoms with van der Waals surface area (Å²) in [5.41, 5.74) is 8.28. The number of aromatic nitrogens is 4. The van der Waals surface area contributed by atoms with Gasteiger partial charge in [0.2, 0.25) is 15.9 Å². The number of hydrogen-bond acceptors (Lipinski definition) is 9. The summed E-state index contributed by atoms with van der Waals surface area (Å²) in [6.45, 7) is 0.994. The highest BCUT2D eigenvalue weighted by molar-refractivity contribution is 7.89. The largest absolute Gasteiger partial charge is 0.414 e. The maximum atomic E-state index is 13.1. The van der Waals surface area contributed by atoms with Crippen molar-refractivity contribution < 1.29 is 12.8 Å². The van der Waals surface area contributed by atoms with Gasteiger partial charge in [-0.05, 0) is 44.8 Å². The normalized spacial score (nSPS) is 16.7. The second kappa shape index (κ2) is 9.17. The molecular formula is C24H25N7O3S. The minimum Gasteiger partial charge on any atom is -0.414 e. The lowest BCUT2D eigenvalue weighted by atomic mass is 10.1. The van der Waals surface area contributed by atoms with Crippen LogP contribution < -0.4 is 5.73 Å². The monoisotopic (exact) mass is 491 g/mol. The molecule has 1 aliphatic heterocycles. The molecule has 0 spiro atoms.